The van der Waals surface area contributed by atoms with Gasteiger partial charge in [-0.3, -0.25) is 4.90 Å². The van der Waals surface area contributed by atoms with E-state index in [9.17, 15) is 5.11 Å². The Bertz CT molecular complexity index is 830. The van der Waals surface area contributed by atoms with Crippen molar-refractivity contribution in [2.24, 2.45) is 0 Å². The SMILES string of the molecule is Nc1ccc(C#CC2=C[C@@H]3C[C@@]4(OC(O)C=C24)[C@H]2CCCCN32)cc1. The molecule has 4 nitrogen and oxygen atoms in total. The Hall–Kier alpha value is -2.06. The highest BCUT2D eigenvalue weighted by Gasteiger charge is 2.60. The van der Waals surface area contributed by atoms with Crippen molar-refractivity contribution in [1.82, 2.24) is 4.90 Å². The van der Waals surface area contributed by atoms with Crippen LogP contribution in [0.2, 0.25) is 0 Å². The summed E-state index contributed by atoms with van der Waals surface area (Å²) in [5.41, 5.74) is 9.16. The van der Waals surface area contributed by atoms with Crippen LogP contribution in [0.5, 0.6) is 0 Å². The Labute approximate surface area is 148 Å². The third kappa shape index (κ3) is 2.27. The minimum atomic E-state index is -0.822. The van der Waals surface area contributed by atoms with Crippen molar-refractivity contribution in [2.45, 2.75) is 49.7 Å². The molecule has 1 aliphatic carbocycles. The van der Waals surface area contributed by atoms with E-state index in [1.54, 1.807) is 0 Å². The van der Waals surface area contributed by atoms with E-state index in [0.717, 1.165) is 41.8 Å². The maximum atomic E-state index is 10.2. The molecule has 1 aromatic carbocycles. The fraction of sp³-hybridized carbons (Fsp3) is 0.429. The number of nitrogen functional groups attached to an aromatic ring is 1. The first-order valence-electron chi connectivity index (χ1n) is 9.09. The lowest BCUT2D eigenvalue weighted by atomic mass is 9.77. The number of nitrogens with zero attached hydrogens (tertiary/aromatic N) is 1. The van der Waals surface area contributed by atoms with Gasteiger partial charge < -0.3 is 15.6 Å². The Morgan fingerprint density at radius 1 is 1.16 bits per heavy atom. The topological polar surface area (TPSA) is 58.7 Å². The van der Waals surface area contributed by atoms with Gasteiger partial charge in [-0.15, -0.1) is 0 Å². The molecule has 128 valence electrons. The molecule has 4 aliphatic rings. The van der Waals surface area contributed by atoms with Gasteiger partial charge in [-0.25, -0.2) is 0 Å². The Balaban J connectivity index is 1.55. The van der Waals surface area contributed by atoms with Gasteiger partial charge in [-0.1, -0.05) is 24.3 Å². The van der Waals surface area contributed by atoms with Crippen LogP contribution in [0.25, 0.3) is 0 Å². The second kappa shape index (κ2) is 5.47. The van der Waals surface area contributed by atoms with Crippen LogP contribution in [0.4, 0.5) is 5.69 Å². The van der Waals surface area contributed by atoms with Crippen molar-refractivity contribution in [3.05, 3.63) is 53.1 Å². The number of aliphatic hydroxyl groups is 1. The fourth-order valence-electron chi connectivity index (χ4n) is 5.00. The van der Waals surface area contributed by atoms with Crippen LogP contribution < -0.4 is 5.73 Å². The molecule has 2 bridgehead atoms. The van der Waals surface area contributed by atoms with Crippen LogP contribution in [0, 0.1) is 11.8 Å². The normalized spacial score (nSPS) is 36.0. The van der Waals surface area contributed by atoms with Crippen molar-refractivity contribution in [3.63, 3.8) is 0 Å². The zero-order valence-corrected chi connectivity index (χ0v) is 14.1. The summed E-state index contributed by atoms with van der Waals surface area (Å²) in [6.07, 6.45) is 7.86. The summed E-state index contributed by atoms with van der Waals surface area (Å²) in [5, 5.41) is 10.2. The van der Waals surface area contributed by atoms with E-state index in [4.69, 9.17) is 10.5 Å². The number of anilines is 1. The van der Waals surface area contributed by atoms with Crippen LogP contribution in [0.3, 0.4) is 0 Å². The Kier molecular flexibility index (Phi) is 3.33. The lowest BCUT2D eigenvalue weighted by molar-refractivity contribution is -0.138. The summed E-state index contributed by atoms with van der Waals surface area (Å²) >= 11 is 0. The molecule has 0 saturated carbocycles. The van der Waals surface area contributed by atoms with E-state index in [0.29, 0.717) is 12.1 Å². The molecule has 2 fully saturated rings. The highest BCUT2D eigenvalue weighted by molar-refractivity contribution is 5.59. The minimum Gasteiger partial charge on any atom is -0.399 e. The predicted molar refractivity (Wildman–Crippen MR) is 96.5 cm³/mol. The van der Waals surface area contributed by atoms with E-state index < -0.39 is 6.29 Å². The number of benzene rings is 1. The standard InChI is InChI=1S/C21H22N2O2/c22-16-8-5-14(6-9-16)4-7-15-11-17-13-21(18(15)12-20(24)25-21)19-3-1-2-10-23(17)19/h5-6,8-9,11-12,17,19-20,24H,1-3,10,13,22H2/t17-,19-,20?,21+/m1/s1. The van der Waals surface area contributed by atoms with E-state index in [2.05, 4.69) is 22.8 Å². The Morgan fingerprint density at radius 3 is 2.84 bits per heavy atom. The Morgan fingerprint density at radius 2 is 2.00 bits per heavy atom. The average molecular weight is 334 g/mol. The molecule has 3 heterocycles. The number of rotatable bonds is 0. The molecule has 0 amide bonds. The van der Waals surface area contributed by atoms with Crippen LogP contribution in [-0.4, -0.2) is 40.5 Å². The molecule has 4 atom stereocenters. The van der Waals surface area contributed by atoms with Gasteiger partial charge in [0.05, 0.1) is 0 Å². The monoisotopic (exact) mass is 334 g/mol. The smallest absolute Gasteiger partial charge is 0.176 e. The van der Waals surface area contributed by atoms with Crippen LogP contribution >= 0.6 is 0 Å². The minimum absolute atomic E-state index is 0.363. The van der Waals surface area contributed by atoms with Crippen LogP contribution in [0.15, 0.2) is 47.6 Å². The molecule has 1 spiro atoms. The maximum Gasteiger partial charge on any atom is 0.176 e. The first-order valence-corrected chi connectivity index (χ1v) is 9.09. The summed E-state index contributed by atoms with van der Waals surface area (Å²) in [6, 6.07) is 8.34. The highest BCUT2D eigenvalue weighted by atomic mass is 16.6. The largest absolute Gasteiger partial charge is 0.399 e. The number of fused-ring (bicyclic) bond motifs is 3. The lowest BCUT2D eigenvalue weighted by Gasteiger charge is -2.39. The molecular formula is C21H22N2O2. The van der Waals surface area contributed by atoms with E-state index in [1.165, 1.54) is 12.8 Å². The van der Waals surface area contributed by atoms with Gasteiger partial charge in [0.1, 0.15) is 5.60 Å². The average Bonchev–Trinajstić information content (AvgIpc) is 3.10. The molecule has 0 aromatic heterocycles. The maximum absolute atomic E-state index is 10.2. The second-order valence-electron chi connectivity index (χ2n) is 7.45. The van der Waals surface area contributed by atoms with E-state index in [-0.39, 0.29) is 5.60 Å². The lowest BCUT2D eigenvalue weighted by Crippen LogP contribution is -2.48. The van der Waals surface area contributed by atoms with Gasteiger partial charge in [-0.05, 0) is 49.7 Å². The molecule has 0 radical (unpaired) electrons. The third-order valence-electron chi connectivity index (χ3n) is 6.02. The second-order valence-corrected chi connectivity index (χ2v) is 7.45. The van der Waals surface area contributed by atoms with Crippen molar-refractivity contribution in [2.75, 3.05) is 12.3 Å². The summed E-state index contributed by atoms with van der Waals surface area (Å²) < 4.78 is 6.11. The molecule has 3 aliphatic heterocycles. The third-order valence-corrected chi connectivity index (χ3v) is 6.02. The zero-order chi connectivity index (χ0) is 17.0. The first kappa shape index (κ1) is 15.2. The first-order chi connectivity index (χ1) is 12.2. The van der Waals surface area contributed by atoms with Gasteiger partial charge in [0.2, 0.25) is 0 Å². The fourth-order valence-corrected chi connectivity index (χ4v) is 5.00. The van der Waals surface area contributed by atoms with E-state index in [1.807, 2.05) is 30.3 Å². The number of hydrogen-bond donors (Lipinski definition) is 2. The quantitative estimate of drug-likeness (QED) is 0.564. The molecule has 1 unspecified atom stereocenters. The molecule has 2 saturated heterocycles. The van der Waals surface area contributed by atoms with Gasteiger partial charge >= 0.3 is 0 Å². The number of aliphatic hydroxyl groups excluding tert-OH is 1. The van der Waals surface area contributed by atoms with Crippen molar-refractivity contribution < 1.29 is 9.84 Å². The van der Waals surface area contributed by atoms with Gasteiger partial charge in [0.25, 0.3) is 0 Å². The number of ether oxygens (including phenoxy) is 1. The number of hydrogen-bond acceptors (Lipinski definition) is 4. The van der Waals surface area contributed by atoms with Crippen molar-refractivity contribution in [1.29, 1.82) is 0 Å². The van der Waals surface area contributed by atoms with Crippen molar-refractivity contribution >= 4 is 5.69 Å². The van der Waals surface area contributed by atoms with Crippen LogP contribution in [0.1, 0.15) is 31.2 Å². The summed E-state index contributed by atoms with van der Waals surface area (Å²) in [6.45, 7) is 1.11. The highest BCUT2D eigenvalue weighted by Crippen LogP contribution is 2.54. The molecule has 25 heavy (non-hydrogen) atoms. The predicted octanol–water partition coefficient (Wildman–Crippen LogP) is 2.20. The van der Waals surface area contributed by atoms with Gasteiger partial charge in [0, 0.05) is 40.9 Å². The van der Waals surface area contributed by atoms with Gasteiger partial charge in [0.15, 0.2) is 6.29 Å². The summed E-state index contributed by atoms with van der Waals surface area (Å²) in [5.74, 6) is 6.58. The number of piperidine rings is 1. The van der Waals surface area contributed by atoms with Crippen molar-refractivity contribution in [3.8, 4) is 11.8 Å². The number of nitrogens with two attached hydrogens (primary N) is 1. The molecule has 1 aromatic rings. The summed E-state index contributed by atoms with van der Waals surface area (Å²) in [4.78, 5) is 2.56. The van der Waals surface area contributed by atoms with E-state index >= 15 is 0 Å². The molecule has 4 heteroatoms. The molecule has 3 N–H and O–H groups in total. The zero-order valence-electron chi connectivity index (χ0n) is 14.1. The summed E-state index contributed by atoms with van der Waals surface area (Å²) in [7, 11) is 0. The van der Waals surface area contributed by atoms with Crippen LogP contribution in [-0.2, 0) is 4.74 Å². The van der Waals surface area contributed by atoms with Gasteiger partial charge in [-0.2, -0.15) is 0 Å². The molecular weight excluding hydrogens is 312 g/mol. The molecule has 5 rings (SSSR count).